The number of hydrogen-bond donors (Lipinski definition) is 2. The molecule has 0 aliphatic carbocycles. The predicted octanol–water partition coefficient (Wildman–Crippen LogP) is 4.29. The number of aromatic amines is 1. The molecule has 0 radical (unpaired) electrons. The number of nitrogens with one attached hydrogen (secondary N) is 2. The molecule has 27 heavy (non-hydrogen) atoms. The van der Waals surface area contributed by atoms with Crippen LogP contribution in [0.4, 0.5) is 10.2 Å². The fourth-order valence-electron chi connectivity index (χ4n) is 2.97. The zero-order valence-electron chi connectivity index (χ0n) is 15.1. The second-order valence-electron chi connectivity index (χ2n) is 6.34. The largest absolute Gasteiger partial charge is 0.361 e. The number of H-pyrrole nitrogens is 1. The lowest BCUT2D eigenvalue weighted by Crippen LogP contribution is -2.10. The van der Waals surface area contributed by atoms with E-state index < -0.39 is 5.82 Å². The number of aromatic nitrogens is 5. The minimum absolute atomic E-state index is 0.0977. The second kappa shape index (κ2) is 7.11. The topological polar surface area (TPSA) is 79.4 Å². The summed E-state index contributed by atoms with van der Waals surface area (Å²) in [4.78, 5) is 19.8. The van der Waals surface area contributed by atoms with Crippen molar-refractivity contribution < 1.29 is 4.39 Å². The van der Waals surface area contributed by atoms with E-state index in [1.165, 1.54) is 18.1 Å². The van der Waals surface area contributed by atoms with Gasteiger partial charge in [-0.15, -0.1) is 0 Å². The van der Waals surface area contributed by atoms with E-state index in [9.17, 15) is 4.39 Å². The first-order valence-electron chi connectivity index (χ1n) is 8.81. The van der Waals surface area contributed by atoms with E-state index in [4.69, 9.17) is 0 Å². The van der Waals surface area contributed by atoms with E-state index in [0.717, 1.165) is 22.9 Å². The first-order chi connectivity index (χ1) is 13.2. The van der Waals surface area contributed by atoms with Gasteiger partial charge in [-0.1, -0.05) is 31.2 Å². The molecule has 0 unspecified atom stereocenters. The molecule has 0 aliphatic rings. The van der Waals surface area contributed by atoms with Crippen LogP contribution in [0.1, 0.15) is 31.0 Å². The van der Waals surface area contributed by atoms with Crippen LogP contribution in [0.15, 0.2) is 49.2 Å². The molecule has 136 valence electrons. The minimum atomic E-state index is -0.494. The molecule has 1 aromatic carbocycles. The normalized spacial score (nSPS) is 12.3. The number of fused-ring (bicyclic) bond motifs is 1. The van der Waals surface area contributed by atoms with Crippen LogP contribution in [0, 0.1) is 5.82 Å². The van der Waals surface area contributed by atoms with E-state index in [1.54, 1.807) is 12.4 Å². The maximum absolute atomic E-state index is 14.3. The molecule has 3 heterocycles. The van der Waals surface area contributed by atoms with Gasteiger partial charge in [-0.3, -0.25) is 0 Å². The lowest BCUT2D eigenvalue weighted by Gasteiger charge is -2.16. The number of benzene rings is 1. The highest BCUT2D eigenvalue weighted by atomic mass is 19.1. The van der Waals surface area contributed by atoms with Crippen LogP contribution in [0.25, 0.3) is 22.4 Å². The first kappa shape index (κ1) is 17.1. The van der Waals surface area contributed by atoms with E-state index in [1.807, 2.05) is 19.1 Å². The van der Waals surface area contributed by atoms with Crippen LogP contribution in [0.5, 0.6) is 0 Å². The Bertz CT molecular complexity index is 1070. The van der Waals surface area contributed by atoms with Gasteiger partial charge in [0, 0.05) is 23.3 Å². The first-order valence-corrected chi connectivity index (χ1v) is 8.81. The smallest absolute Gasteiger partial charge is 0.183 e. The molecule has 0 saturated heterocycles. The highest BCUT2D eigenvalue weighted by Gasteiger charge is 2.15. The third-order valence-corrected chi connectivity index (χ3v) is 4.58. The van der Waals surface area contributed by atoms with Crippen molar-refractivity contribution >= 4 is 16.9 Å². The van der Waals surface area contributed by atoms with Crippen LogP contribution in [-0.2, 0) is 6.42 Å². The van der Waals surface area contributed by atoms with Crippen LogP contribution >= 0.6 is 0 Å². The third-order valence-electron chi connectivity index (χ3n) is 4.58. The van der Waals surface area contributed by atoms with Crippen molar-refractivity contribution in [2.24, 2.45) is 0 Å². The zero-order valence-corrected chi connectivity index (χ0v) is 15.1. The molecule has 3 aromatic heterocycles. The standard InChI is InChI=1S/C20H19FN6/c1-3-13-4-6-14(7-5-13)12(2)26-20-17(21)10-24-19(27-20)16-9-23-18-15(16)8-22-11-25-18/h4-12H,3H2,1-2H3,(H,22,23,25)(H,24,26,27)/t12-/m1/s1. The van der Waals surface area contributed by atoms with Crippen molar-refractivity contribution in [3.8, 4) is 11.4 Å². The van der Waals surface area contributed by atoms with E-state index in [-0.39, 0.29) is 11.9 Å². The van der Waals surface area contributed by atoms with Gasteiger partial charge < -0.3 is 10.3 Å². The number of rotatable bonds is 5. The fourth-order valence-corrected chi connectivity index (χ4v) is 2.97. The summed E-state index contributed by atoms with van der Waals surface area (Å²) in [6.45, 7) is 4.09. The zero-order chi connectivity index (χ0) is 18.8. The molecule has 2 N–H and O–H groups in total. The summed E-state index contributed by atoms with van der Waals surface area (Å²) in [6, 6.07) is 8.17. The van der Waals surface area contributed by atoms with Crippen LogP contribution in [-0.4, -0.2) is 24.9 Å². The summed E-state index contributed by atoms with van der Waals surface area (Å²) >= 11 is 0. The monoisotopic (exact) mass is 362 g/mol. The van der Waals surface area contributed by atoms with Crippen molar-refractivity contribution in [3.63, 3.8) is 0 Å². The molecule has 0 spiro atoms. The molecular weight excluding hydrogens is 343 g/mol. The van der Waals surface area contributed by atoms with Gasteiger partial charge in [-0.05, 0) is 24.5 Å². The van der Waals surface area contributed by atoms with Gasteiger partial charge in [0.05, 0.1) is 12.2 Å². The Morgan fingerprint density at radius 3 is 2.74 bits per heavy atom. The molecule has 0 saturated carbocycles. The molecule has 4 aromatic rings. The van der Waals surface area contributed by atoms with E-state index in [0.29, 0.717) is 11.5 Å². The van der Waals surface area contributed by atoms with Crippen LogP contribution in [0.2, 0.25) is 0 Å². The predicted molar refractivity (Wildman–Crippen MR) is 103 cm³/mol. The van der Waals surface area contributed by atoms with Crippen LogP contribution in [0.3, 0.4) is 0 Å². The molecule has 7 heteroatoms. The number of anilines is 1. The highest BCUT2D eigenvalue weighted by Crippen LogP contribution is 2.27. The molecule has 0 aliphatic heterocycles. The van der Waals surface area contributed by atoms with Crippen LogP contribution < -0.4 is 5.32 Å². The van der Waals surface area contributed by atoms with Gasteiger partial charge in [0.15, 0.2) is 17.5 Å². The molecule has 1 atom stereocenters. The Hall–Kier alpha value is -3.35. The molecule has 4 rings (SSSR count). The van der Waals surface area contributed by atoms with Crippen molar-refractivity contribution in [1.29, 1.82) is 0 Å². The summed E-state index contributed by atoms with van der Waals surface area (Å²) in [5, 5.41) is 3.94. The summed E-state index contributed by atoms with van der Waals surface area (Å²) in [7, 11) is 0. The maximum Gasteiger partial charge on any atom is 0.183 e. The Morgan fingerprint density at radius 2 is 1.96 bits per heavy atom. The van der Waals surface area contributed by atoms with Gasteiger partial charge in [0.2, 0.25) is 0 Å². The Balaban J connectivity index is 1.64. The lowest BCUT2D eigenvalue weighted by molar-refractivity contribution is 0.614. The maximum atomic E-state index is 14.3. The average molecular weight is 362 g/mol. The van der Waals surface area contributed by atoms with E-state index in [2.05, 4.69) is 49.3 Å². The quantitative estimate of drug-likeness (QED) is 0.554. The number of hydrogen-bond acceptors (Lipinski definition) is 5. The Morgan fingerprint density at radius 1 is 1.15 bits per heavy atom. The SMILES string of the molecule is CCc1ccc([C@@H](C)Nc2nc(-c3c[nH]c4ncncc34)ncc2F)cc1. The summed E-state index contributed by atoms with van der Waals surface area (Å²) in [6.07, 6.45) is 7.07. The van der Waals surface area contributed by atoms with Crippen molar-refractivity contribution in [3.05, 3.63) is 66.1 Å². The molecule has 0 fully saturated rings. The lowest BCUT2D eigenvalue weighted by atomic mass is 10.1. The van der Waals surface area contributed by atoms with E-state index >= 15 is 0 Å². The minimum Gasteiger partial charge on any atom is -0.361 e. The number of halogens is 1. The van der Waals surface area contributed by atoms with Gasteiger partial charge >= 0.3 is 0 Å². The van der Waals surface area contributed by atoms with Crippen molar-refractivity contribution in [2.75, 3.05) is 5.32 Å². The van der Waals surface area contributed by atoms with Crippen molar-refractivity contribution in [1.82, 2.24) is 24.9 Å². The van der Waals surface area contributed by atoms with Crippen molar-refractivity contribution in [2.45, 2.75) is 26.3 Å². The highest BCUT2D eigenvalue weighted by molar-refractivity contribution is 5.90. The summed E-state index contributed by atoms with van der Waals surface area (Å²) in [5.74, 6) is 0.0821. The van der Waals surface area contributed by atoms with Gasteiger partial charge in [-0.25, -0.2) is 24.3 Å². The Kier molecular flexibility index (Phi) is 4.50. The second-order valence-corrected chi connectivity index (χ2v) is 6.34. The van der Waals surface area contributed by atoms with Gasteiger partial charge in [-0.2, -0.15) is 0 Å². The third kappa shape index (κ3) is 3.36. The van der Waals surface area contributed by atoms with Gasteiger partial charge in [0.25, 0.3) is 0 Å². The Labute approximate surface area is 155 Å². The molecule has 6 nitrogen and oxygen atoms in total. The molecule has 0 bridgehead atoms. The number of nitrogens with zero attached hydrogens (tertiary/aromatic N) is 4. The average Bonchev–Trinajstić information content (AvgIpc) is 3.14. The summed E-state index contributed by atoms with van der Waals surface area (Å²) < 4.78 is 14.3. The molecule has 0 amide bonds. The fraction of sp³-hybridized carbons (Fsp3) is 0.200. The number of aryl methyl sites for hydroxylation is 1. The molecular formula is C20H19FN6. The summed E-state index contributed by atoms with van der Waals surface area (Å²) in [5.41, 5.74) is 3.75. The van der Waals surface area contributed by atoms with Gasteiger partial charge in [0.1, 0.15) is 12.0 Å².